The van der Waals surface area contributed by atoms with Gasteiger partial charge >= 0.3 is 0 Å². The summed E-state index contributed by atoms with van der Waals surface area (Å²) in [6.45, 7) is 6.89. The second-order valence-electron chi connectivity index (χ2n) is 6.49. The van der Waals surface area contributed by atoms with Crippen molar-refractivity contribution in [2.45, 2.75) is 31.9 Å². The SMILES string of the molecule is CC(C)=CCN1CC[C@@](c2ccccc2)(N(C)C)[C@H](O)C1. The number of nitrogens with zero attached hydrogens (tertiary/aromatic N) is 2. The van der Waals surface area contributed by atoms with E-state index in [1.165, 1.54) is 11.1 Å². The second kappa shape index (κ2) is 6.73. The van der Waals surface area contributed by atoms with Crippen molar-refractivity contribution in [2.24, 2.45) is 0 Å². The van der Waals surface area contributed by atoms with Crippen molar-refractivity contribution in [1.29, 1.82) is 0 Å². The maximum Gasteiger partial charge on any atom is 0.0892 e. The lowest BCUT2D eigenvalue weighted by Crippen LogP contribution is -2.60. The summed E-state index contributed by atoms with van der Waals surface area (Å²) in [5.41, 5.74) is 2.27. The third-order valence-corrected chi connectivity index (χ3v) is 4.62. The van der Waals surface area contributed by atoms with Gasteiger partial charge in [0, 0.05) is 19.6 Å². The number of rotatable bonds is 4. The Hall–Kier alpha value is -1.16. The van der Waals surface area contributed by atoms with Gasteiger partial charge in [-0.1, -0.05) is 42.0 Å². The smallest absolute Gasteiger partial charge is 0.0892 e. The van der Waals surface area contributed by atoms with Crippen LogP contribution in [0.15, 0.2) is 42.0 Å². The van der Waals surface area contributed by atoms with E-state index in [1.807, 2.05) is 6.07 Å². The van der Waals surface area contributed by atoms with Crippen LogP contribution >= 0.6 is 0 Å². The Labute approximate surface area is 128 Å². The standard InChI is InChI=1S/C18H28N2O/c1-15(2)10-12-20-13-11-18(19(3)4,17(21)14-20)16-8-6-5-7-9-16/h5-10,17,21H,11-14H2,1-4H3/t17-,18+/m1/s1. The number of allylic oxidation sites excluding steroid dienone is 1. The fraction of sp³-hybridized carbons (Fsp3) is 0.556. The summed E-state index contributed by atoms with van der Waals surface area (Å²) in [6, 6.07) is 10.4. The molecule has 0 bridgehead atoms. The van der Waals surface area contributed by atoms with Crippen LogP contribution in [0, 0.1) is 0 Å². The molecular weight excluding hydrogens is 260 g/mol. The van der Waals surface area contributed by atoms with Gasteiger partial charge in [-0.05, 0) is 39.9 Å². The molecule has 1 aliphatic heterocycles. The van der Waals surface area contributed by atoms with Crippen LogP contribution < -0.4 is 0 Å². The lowest BCUT2D eigenvalue weighted by Gasteiger charge is -2.49. The third-order valence-electron chi connectivity index (χ3n) is 4.62. The molecule has 1 saturated heterocycles. The number of piperidine rings is 1. The summed E-state index contributed by atoms with van der Waals surface area (Å²) in [5.74, 6) is 0. The van der Waals surface area contributed by atoms with Crippen LogP contribution in [-0.4, -0.2) is 54.7 Å². The van der Waals surface area contributed by atoms with E-state index in [2.05, 4.69) is 68.1 Å². The van der Waals surface area contributed by atoms with E-state index in [0.29, 0.717) is 0 Å². The molecule has 3 heteroatoms. The van der Waals surface area contributed by atoms with Crippen LogP contribution in [0.3, 0.4) is 0 Å². The van der Waals surface area contributed by atoms with Crippen LogP contribution in [0.5, 0.6) is 0 Å². The van der Waals surface area contributed by atoms with Crippen molar-refractivity contribution in [2.75, 3.05) is 33.7 Å². The van der Waals surface area contributed by atoms with Gasteiger partial charge in [-0.2, -0.15) is 0 Å². The van der Waals surface area contributed by atoms with Crippen molar-refractivity contribution in [1.82, 2.24) is 9.80 Å². The van der Waals surface area contributed by atoms with Crippen LogP contribution in [0.2, 0.25) is 0 Å². The highest BCUT2D eigenvalue weighted by atomic mass is 16.3. The van der Waals surface area contributed by atoms with E-state index in [4.69, 9.17) is 0 Å². The molecule has 0 aliphatic carbocycles. The van der Waals surface area contributed by atoms with Crippen LogP contribution in [0.1, 0.15) is 25.8 Å². The summed E-state index contributed by atoms with van der Waals surface area (Å²) < 4.78 is 0. The monoisotopic (exact) mass is 288 g/mol. The number of β-amino-alcohol motifs (C(OH)–C–C–N with tert-alkyl or cyclic N) is 1. The van der Waals surface area contributed by atoms with Gasteiger partial charge in [-0.25, -0.2) is 0 Å². The van der Waals surface area contributed by atoms with Crippen molar-refractivity contribution in [3.8, 4) is 0 Å². The summed E-state index contributed by atoms with van der Waals surface area (Å²) >= 11 is 0. The number of hydrogen-bond acceptors (Lipinski definition) is 3. The second-order valence-corrected chi connectivity index (χ2v) is 6.49. The first-order chi connectivity index (χ1) is 9.96. The molecule has 0 aromatic heterocycles. The molecule has 1 N–H and O–H groups in total. The van der Waals surface area contributed by atoms with Crippen molar-refractivity contribution >= 4 is 0 Å². The van der Waals surface area contributed by atoms with E-state index < -0.39 is 0 Å². The molecule has 0 unspecified atom stereocenters. The topological polar surface area (TPSA) is 26.7 Å². The molecule has 1 aliphatic rings. The highest BCUT2D eigenvalue weighted by molar-refractivity contribution is 5.27. The summed E-state index contributed by atoms with van der Waals surface area (Å²) in [6.07, 6.45) is 2.80. The summed E-state index contributed by atoms with van der Waals surface area (Å²) in [4.78, 5) is 4.52. The number of likely N-dealkylation sites (N-methyl/N-ethyl adjacent to an activating group) is 1. The van der Waals surface area contributed by atoms with Gasteiger partial charge in [-0.3, -0.25) is 9.80 Å². The zero-order chi connectivity index (χ0) is 15.5. The zero-order valence-electron chi connectivity index (χ0n) is 13.7. The van der Waals surface area contributed by atoms with E-state index in [-0.39, 0.29) is 11.6 Å². The number of likely N-dealkylation sites (tertiary alicyclic amines) is 1. The molecule has 0 spiro atoms. The van der Waals surface area contributed by atoms with Crippen molar-refractivity contribution in [3.05, 3.63) is 47.5 Å². The molecule has 1 aromatic rings. The summed E-state index contributed by atoms with van der Waals surface area (Å²) in [7, 11) is 4.14. The van der Waals surface area contributed by atoms with Gasteiger partial charge in [0.15, 0.2) is 0 Å². The average molecular weight is 288 g/mol. The molecule has 1 aromatic carbocycles. The normalized spacial score (nSPS) is 26.9. The van der Waals surface area contributed by atoms with Gasteiger partial charge in [0.05, 0.1) is 11.6 Å². The maximum absolute atomic E-state index is 10.9. The lowest BCUT2D eigenvalue weighted by molar-refractivity contribution is -0.0659. The van der Waals surface area contributed by atoms with Gasteiger partial charge < -0.3 is 5.11 Å². The Kier molecular flexibility index (Phi) is 5.20. The predicted octanol–water partition coefficient (Wildman–Crippen LogP) is 2.48. The fourth-order valence-corrected chi connectivity index (χ4v) is 3.30. The van der Waals surface area contributed by atoms with E-state index in [9.17, 15) is 5.11 Å². The van der Waals surface area contributed by atoms with Gasteiger partial charge in [0.2, 0.25) is 0 Å². The Morgan fingerprint density at radius 3 is 2.52 bits per heavy atom. The van der Waals surface area contributed by atoms with E-state index >= 15 is 0 Å². The largest absolute Gasteiger partial charge is 0.389 e. The molecule has 1 fully saturated rings. The molecule has 116 valence electrons. The quantitative estimate of drug-likeness (QED) is 0.862. The summed E-state index contributed by atoms with van der Waals surface area (Å²) in [5, 5.41) is 10.9. The molecule has 0 saturated carbocycles. The Morgan fingerprint density at radius 1 is 1.33 bits per heavy atom. The van der Waals surface area contributed by atoms with Crippen LogP contribution in [-0.2, 0) is 5.54 Å². The first kappa shape index (κ1) is 16.2. The minimum absolute atomic E-state index is 0.275. The predicted molar refractivity (Wildman–Crippen MR) is 88.3 cm³/mol. The lowest BCUT2D eigenvalue weighted by atomic mass is 9.77. The Bertz CT molecular complexity index is 479. The number of hydrogen-bond donors (Lipinski definition) is 1. The highest BCUT2D eigenvalue weighted by Crippen LogP contribution is 2.37. The molecule has 1 heterocycles. The van der Waals surface area contributed by atoms with Crippen molar-refractivity contribution in [3.63, 3.8) is 0 Å². The minimum atomic E-state index is -0.380. The van der Waals surface area contributed by atoms with Gasteiger partial charge in [-0.15, -0.1) is 0 Å². The molecular formula is C18H28N2O. The molecule has 0 amide bonds. The fourth-order valence-electron chi connectivity index (χ4n) is 3.30. The van der Waals surface area contributed by atoms with E-state index in [1.54, 1.807) is 0 Å². The number of aliphatic hydroxyl groups is 1. The van der Waals surface area contributed by atoms with E-state index in [0.717, 1.165) is 26.1 Å². The molecule has 2 atom stereocenters. The van der Waals surface area contributed by atoms with Crippen LogP contribution in [0.4, 0.5) is 0 Å². The van der Waals surface area contributed by atoms with Gasteiger partial charge in [0.25, 0.3) is 0 Å². The first-order valence-electron chi connectivity index (χ1n) is 7.73. The molecule has 21 heavy (non-hydrogen) atoms. The Balaban J connectivity index is 2.20. The van der Waals surface area contributed by atoms with Crippen LogP contribution in [0.25, 0.3) is 0 Å². The maximum atomic E-state index is 10.9. The minimum Gasteiger partial charge on any atom is -0.389 e. The van der Waals surface area contributed by atoms with Crippen molar-refractivity contribution < 1.29 is 5.11 Å². The molecule has 3 nitrogen and oxygen atoms in total. The van der Waals surface area contributed by atoms with Gasteiger partial charge in [0.1, 0.15) is 0 Å². The third kappa shape index (κ3) is 3.37. The first-order valence-corrected chi connectivity index (χ1v) is 7.73. The average Bonchev–Trinajstić information content (AvgIpc) is 2.46. The molecule has 2 rings (SSSR count). The zero-order valence-corrected chi connectivity index (χ0v) is 13.7. The number of benzene rings is 1. The Morgan fingerprint density at radius 2 is 2.00 bits per heavy atom. The number of aliphatic hydroxyl groups excluding tert-OH is 1. The highest BCUT2D eigenvalue weighted by Gasteiger charge is 2.45. The molecule has 0 radical (unpaired) electrons.